The molecule has 3 heteroatoms. The lowest BCUT2D eigenvalue weighted by molar-refractivity contribution is 0.281. The summed E-state index contributed by atoms with van der Waals surface area (Å²) in [5.41, 5.74) is 2.39. The highest BCUT2D eigenvalue weighted by Gasteiger charge is 2.01. The molecule has 0 spiro atoms. The van der Waals surface area contributed by atoms with Crippen molar-refractivity contribution in [3.8, 4) is 17.6 Å². The molecule has 0 fully saturated rings. The lowest BCUT2D eigenvalue weighted by Gasteiger charge is -2.07. The van der Waals surface area contributed by atoms with Gasteiger partial charge < -0.3 is 9.84 Å². The summed E-state index contributed by atoms with van der Waals surface area (Å²) in [6.45, 7) is 1.90. The van der Waals surface area contributed by atoms with Gasteiger partial charge >= 0.3 is 0 Å². The highest BCUT2D eigenvalue weighted by atomic mass is 16.5. The van der Waals surface area contributed by atoms with Crippen LogP contribution in [0.4, 0.5) is 0 Å². The lowest BCUT2D eigenvalue weighted by Crippen LogP contribution is -1.88. The van der Waals surface area contributed by atoms with Crippen LogP contribution in [0.5, 0.6) is 11.5 Å². The summed E-state index contributed by atoms with van der Waals surface area (Å²) >= 11 is 0. The smallest absolute Gasteiger partial charge is 0.127 e. The van der Waals surface area contributed by atoms with Gasteiger partial charge in [-0.3, -0.25) is 0 Å². The summed E-state index contributed by atoms with van der Waals surface area (Å²) in [6.07, 6.45) is 0. The zero-order chi connectivity index (χ0) is 13.0. The van der Waals surface area contributed by atoms with Crippen LogP contribution in [0, 0.1) is 18.3 Å². The predicted octanol–water partition coefficient (Wildman–Crippen LogP) is 3.15. The fraction of sp³-hybridized carbons (Fsp3) is 0.133. The third-order valence-corrected chi connectivity index (χ3v) is 2.66. The first-order valence-electron chi connectivity index (χ1n) is 5.61. The van der Waals surface area contributed by atoms with E-state index in [2.05, 4.69) is 6.07 Å². The molecular formula is C15H13NO2. The molecule has 2 aromatic carbocycles. The molecule has 0 radical (unpaired) electrons. The fourth-order valence-corrected chi connectivity index (χ4v) is 1.62. The Hall–Kier alpha value is -2.31. The summed E-state index contributed by atoms with van der Waals surface area (Å²) in [7, 11) is 0. The molecule has 18 heavy (non-hydrogen) atoms. The van der Waals surface area contributed by atoms with Gasteiger partial charge in [-0.15, -0.1) is 0 Å². The molecule has 0 aliphatic rings. The second-order valence-electron chi connectivity index (χ2n) is 3.99. The zero-order valence-corrected chi connectivity index (χ0v) is 10.1. The van der Waals surface area contributed by atoms with E-state index in [0.717, 1.165) is 11.1 Å². The van der Waals surface area contributed by atoms with E-state index >= 15 is 0 Å². The van der Waals surface area contributed by atoms with Crippen molar-refractivity contribution < 1.29 is 9.84 Å². The molecule has 2 aromatic rings. The largest absolute Gasteiger partial charge is 0.457 e. The Morgan fingerprint density at radius 1 is 1.11 bits per heavy atom. The molecule has 2 rings (SSSR count). The van der Waals surface area contributed by atoms with E-state index in [-0.39, 0.29) is 6.61 Å². The van der Waals surface area contributed by atoms with E-state index in [1.165, 1.54) is 0 Å². The van der Waals surface area contributed by atoms with E-state index in [1.807, 2.05) is 25.1 Å². The van der Waals surface area contributed by atoms with Crippen LogP contribution in [0.25, 0.3) is 0 Å². The Bertz CT molecular complexity index is 582. The van der Waals surface area contributed by atoms with E-state index in [9.17, 15) is 0 Å². The van der Waals surface area contributed by atoms with Gasteiger partial charge in [-0.1, -0.05) is 12.1 Å². The monoisotopic (exact) mass is 239 g/mol. The molecule has 0 heterocycles. The van der Waals surface area contributed by atoms with E-state index in [1.54, 1.807) is 24.3 Å². The minimum Gasteiger partial charge on any atom is -0.457 e. The molecule has 0 amide bonds. The lowest BCUT2D eigenvalue weighted by atomic mass is 10.1. The average molecular weight is 239 g/mol. The summed E-state index contributed by atoms with van der Waals surface area (Å²) in [5, 5.41) is 17.8. The molecule has 90 valence electrons. The summed E-state index contributed by atoms with van der Waals surface area (Å²) in [4.78, 5) is 0. The van der Waals surface area contributed by atoms with E-state index in [0.29, 0.717) is 17.1 Å². The van der Waals surface area contributed by atoms with Gasteiger partial charge in [-0.05, 0) is 48.4 Å². The van der Waals surface area contributed by atoms with E-state index in [4.69, 9.17) is 15.1 Å². The first-order chi connectivity index (χ1) is 8.72. The number of aliphatic hydroxyl groups is 1. The van der Waals surface area contributed by atoms with Crippen LogP contribution >= 0.6 is 0 Å². The van der Waals surface area contributed by atoms with Gasteiger partial charge in [0.25, 0.3) is 0 Å². The van der Waals surface area contributed by atoms with Crippen molar-refractivity contribution >= 4 is 0 Å². The second kappa shape index (κ2) is 5.35. The van der Waals surface area contributed by atoms with Crippen molar-refractivity contribution in [2.75, 3.05) is 0 Å². The van der Waals surface area contributed by atoms with Gasteiger partial charge in [0.05, 0.1) is 18.2 Å². The number of ether oxygens (including phenoxy) is 1. The molecule has 0 aliphatic carbocycles. The second-order valence-corrected chi connectivity index (χ2v) is 3.99. The maximum absolute atomic E-state index is 8.94. The number of rotatable bonds is 3. The number of hydrogen-bond donors (Lipinski definition) is 1. The van der Waals surface area contributed by atoms with Crippen molar-refractivity contribution in [1.29, 1.82) is 5.26 Å². The van der Waals surface area contributed by atoms with Gasteiger partial charge in [0.1, 0.15) is 11.5 Å². The summed E-state index contributed by atoms with van der Waals surface area (Å²) in [5.74, 6) is 1.40. The van der Waals surface area contributed by atoms with Gasteiger partial charge in [-0.2, -0.15) is 5.26 Å². The minimum absolute atomic E-state index is 0.0241. The fourth-order valence-electron chi connectivity index (χ4n) is 1.62. The van der Waals surface area contributed by atoms with Crippen LogP contribution in [0.3, 0.4) is 0 Å². The van der Waals surface area contributed by atoms with Crippen molar-refractivity contribution in [1.82, 2.24) is 0 Å². The average Bonchev–Trinajstić information content (AvgIpc) is 2.40. The Kier molecular flexibility index (Phi) is 3.61. The SMILES string of the molecule is Cc1cc(Oc2ccc(CO)cc2)ccc1C#N. The molecular weight excluding hydrogens is 226 g/mol. The number of aliphatic hydroxyl groups excluding tert-OH is 1. The highest BCUT2D eigenvalue weighted by Crippen LogP contribution is 2.23. The number of nitriles is 1. The van der Waals surface area contributed by atoms with Crippen molar-refractivity contribution in [3.05, 3.63) is 59.2 Å². The standard InChI is InChI=1S/C15H13NO2/c1-11-8-15(7-4-13(11)9-16)18-14-5-2-12(10-17)3-6-14/h2-8,17H,10H2,1H3. The Morgan fingerprint density at radius 3 is 2.33 bits per heavy atom. The molecule has 0 unspecified atom stereocenters. The van der Waals surface area contributed by atoms with E-state index < -0.39 is 0 Å². The molecule has 1 N–H and O–H groups in total. The maximum Gasteiger partial charge on any atom is 0.127 e. The topological polar surface area (TPSA) is 53.2 Å². The number of hydrogen-bond acceptors (Lipinski definition) is 3. The van der Waals surface area contributed by atoms with Crippen LogP contribution in [-0.4, -0.2) is 5.11 Å². The molecule has 0 atom stereocenters. The third kappa shape index (κ3) is 2.68. The molecule has 3 nitrogen and oxygen atoms in total. The van der Waals surface area contributed by atoms with Gasteiger partial charge in [0.15, 0.2) is 0 Å². The van der Waals surface area contributed by atoms with Crippen LogP contribution in [0.1, 0.15) is 16.7 Å². The van der Waals surface area contributed by atoms with Crippen LogP contribution in [0.2, 0.25) is 0 Å². The quantitative estimate of drug-likeness (QED) is 0.895. The third-order valence-electron chi connectivity index (χ3n) is 2.66. The summed E-state index contributed by atoms with van der Waals surface area (Å²) in [6, 6.07) is 14.7. The molecule has 0 saturated carbocycles. The summed E-state index contributed by atoms with van der Waals surface area (Å²) < 4.78 is 5.67. The van der Waals surface area contributed by atoms with Crippen LogP contribution in [0.15, 0.2) is 42.5 Å². The highest BCUT2D eigenvalue weighted by molar-refractivity contribution is 5.43. The van der Waals surface area contributed by atoms with Crippen molar-refractivity contribution in [2.24, 2.45) is 0 Å². The first-order valence-corrected chi connectivity index (χ1v) is 5.61. The van der Waals surface area contributed by atoms with Gasteiger partial charge in [0, 0.05) is 0 Å². The van der Waals surface area contributed by atoms with Gasteiger partial charge in [-0.25, -0.2) is 0 Å². The molecule has 0 saturated heterocycles. The number of nitrogens with zero attached hydrogens (tertiary/aromatic N) is 1. The van der Waals surface area contributed by atoms with Crippen molar-refractivity contribution in [3.63, 3.8) is 0 Å². The number of aryl methyl sites for hydroxylation is 1. The van der Waals surface area contributed by atoms with Crippen molar-refractivity contribution in [2.45, 2.75) is 13.5 Å². The predicted molar refractivity (Wildman–Crippen MR) is 68.3 cm³/mol. The minimum atomic E-state index is 0.0241. The molecule has 0 bridgehead atoms. The Balaban J connectivity index is 2.18. The molecule has 0 aliphatic heterocycles. The zero-order valence-electron chi connectivity index (χ0n) is 10.1. The van der Waals surface area contributed by atoms with Gasteiger partial charge in [0.2, 0.25) is 0 Å². The first kappa shape index (κ1) is 12.2. The van der Waals surface area contributed by atoms with Crippen LogP contribution in [-0.2, 0) is 6.61 Å². The van der Waals surface area contributed by atoms with Crippen LogP contribution < -0.4 is 4.74 Å². The Labute approximate surface area is 106 Å². The normalized spacial score (nSPS) is 9.83. The Morgan fingerprint density at radius 2 is 1.78 bits per heavy atom. The molecule has 0 aromatic heterocycles. The maximum atomic E-state index is 8.94. The number of benzene rings is 2.